The lowest BCUT2D eigenvalue weighted by Crippen LogP contribution is -2.10. The molecule has 0 atom stereocenters. The third kappa shape index (κ3) is 2.76. The Labute approximate surface area is 81.8 Å². The van der Waals surface area contributed by atoms with E-state index in [0.29, 0.717) is 12.0 Å². The molecule has 1 aromatic carbocycles. The molecule has 0 nitrogen and oxygen atoms in total. The first-order valence-corrected chi connectivity index (χ1v) is 4.47. The van der Waals surface area contributed by atoms with Gasteiger partial charge in [0.15, 0.2) is 0 Å². The zero-order valence-electron chi connectivity index (χ0n) is 8.15. The minimum Gasteiger partial charge on any atom is -0.166 e. The molecule has 0 aromatic heterocycles. The van der Waals surface area contributed by atoms with Crippen LogP contribution in [0.15, 0.2) is 18.2 Å². The lowest BCUT2D eigenvalue weighted by molar-refractivity contribution is -0.138. The van der Waals surface area contributed by atoms with Crippen molar-refractivity contribution in [2.24, 2.45) is 5.92 Å². The molecule has 1 radical (unpaired) electrons. The van der Waals surface area contributed by atoms with Gasteiger partial charge in [-0.25, -0.2) is 0 Å². The van der Waals surface area contributed by atoms with E-state index in [2.05, 4.69) is 6.07 Å². The highest BCUT2D eigenvalue weighted by atomic mass is 19.4. The summed E-state index contributed by atoms with van der Waals surface area (Å²) in [7, 11) is 0. The number of hydrogen-bond acceptors (Lipinski definition) is 0. The topological polar surface area (TPSA) is 0 Å². The van der Waals surface area contributed by atoms with E-state index in [1.807, 2.05) is 13.8 Å². The normalized spacial score (nSPS) is 12.1. The number of hydrogen-bond donors (Lipinski definition) is 0. The fourth-order valence-corrected chi connectivity index (χ4v) is 1.34. The molecule has 0 aliphatic rings. The first-order valence-electron chi connectivity index (χ1n) is 4.47. The zero-order chi connectivity index (χ0) is 10.8. The molecule has 3 heteroatoms. The van der Waals surface area contributed by atoms with Gasteiger partial charge in [0.25, 0.3) is 0 Å². The smallest absolute Gasteiger partial charge is 0.166 e. The summed E-state index contributed by atoms with van der Waals surface area (Å²) in [4.78, 5) is 0. The van der Waals surface area contributed by atoms with E-state index in [-0.39, 0.29) is 5.92 Å². The third-order valence-electron chi connectivity index (χ3n) is 1.89. The van der Waals surface area contributed by atoms with Crippen molar-refractivity contribution >= 4 is 0 Å². The SMILES string of the molecule is CC(C)Cc1cc[c]cc1C(F)(F)F. The summed E-state index contributed by atoms with van der Waals surface area (Å²) in [6.45, 7) is 3.80. The molecule has 14 heavy (non-hydrogen) atoms. The number of benzene rings is 1. The fraction of sp³-hybridized carbons (Fsp3) is 0.455. The monoisotopic (exact) mass is 201 g/mol. The van der Waals surface area contributed by atoms with Crippen molar-refractivity contribution in [1.29, 1.82) is 0 Å². The van der Waals surface area contributed by atoms with Gasteiger partial charge in [-0.15, -0.1) is 0 Å². The van der Waals surface area contributed by atoms with Crippen molar-refractivity contribution < 1.29 is 13.2 Å². The Morgan fingerprint density at radius 3 is 2.50 bits per heavy atom. The van der Waals surface area contributed by atoms with E-state index < -0.39 is 11.7 Å². The van der Waals surface area contributed by atoms with Crippen LogP contribution in [0, 0.1) is 12.0 Å². The van der Waals surface area contributed by atoms with E-state index in [9.17, 15) is 13.2 Å². The molecule has 0 saturated carbocycles. The Morgan fingerprint density at radius 1 is 1.36 bits per heavy atom. The van der Waals surface area contributed by atoms with Gasteiger partial charge in [0.05, 0.1) is 5.56 Å². The van der Waals surface area contributed by atoms with Crippen LogP contribution in [-0.2, 0) is 12.6 Å². The quantitative estimate of drug-likeness (QED) is 0.684. The highest BCUT2D eigenvalue weighted by Crippen LogP contribution is 2.32. The lowest BCUT2D eigenvalue weighted by Gasteiger charge is -2.13. The molecule has 0 saturated heterocycles. The second-order valence-electron chi connectivity index (χ2n) is 3.68. The minimum atomic E-state index is -4.26. The molecule has 0 aliphatic heterocycles. The van der Waals surface area contributed by atoms with Gasteiger partial charge in [-0.1, -0.05) is 26.0 Å². The molecule has 0 fully saturated rings. The van der Waals surface area contributed by atoms with Crippen LogP contribution in [0.1, 0.15) is 25.0 Å². The molecule has 1 aromatic rings. The van der Waals surface area contributed by atoms with Crippen molar-refractivity contribution in [2.45, 2.75) is 26.4 Å². The predicted octanol–water partition coefficient (Wildman–Crippen LogP) is 3.70. The molecular formula is C11H12F3. The first-order chi connectivity index (χ1) is 6.41. The molecule has 0 bridgehead atoms. The molecule has 77 valence electrons. The summed E-state index contributed by atoms with van der Waals surface area (Å²) < 4.78 is 37.4. The maximum Gasteiger partial charge on any atom is 0.416 e. The second kappa shape index (κ2) is 4.03. The average Bonchev–Trinajstić information content (AvgIpc) is 2.01. The van der Waals surface area contributed by atoms with Gasteiger partial charge in [-0.3, -0.25) is 0 Å². The van der Waals surface area contributed by atoms with Crippen molar-refractivity contribution in [3.8, 4) is 0 Å². The van der Waals surface area contributed by atoms with Crippen molar-refractivity contribution in [3.63, 3.8) is 0 Å². The summed E-state index contributed by atoms with van der Waals surface area (Å²) in [5, 5.41) is 0. The van der Waals surface area contributed by atoms with Gasteiger partial charge in [0.1, 0.15) is 0 Å². The molecule has 0 N–H and O–H groups in total. The van der Waals surface area contributed by atoms with E-state index in [4.69, 9.17) is 0 Å². The summed E-state index contributed by atoms with van der Waals surface area (Å²) in [5.41, 5.74) is -0.208. The Kier molecular flexibility index (Phi) is 3.19. The number of alkyl halides is 3. The summed E-state index contributed by atoms with van der Waals surface area (Å²) in [6.07, 6.45) is -3.81. The van der Waals surface area contributed by atoms with Gasteiger partial charge in [-0.2, -0.15) is 13.2 Å². The summed E-state index contributed by atoms with van der Waals surface area (Å²) >= 11 is 0. The maximum absolute atomic E-state index is 12.5. The Balaban J connectivity index is 3.04. The Hall–Kier alpha value is -0.990. The molecule has 0 aliphatic carbocycles. The maximum atomic E-state index is 12.5. The minimum absolute atomic E-state index is 0.221. The largest absolute Gasteiger partial charge is 0.416 e. The van der Waals surface area contributed by atoms with Crippen LogP contribution in [0.25, 0.3) is 0 Å². The zero-order valence-corrected chi connectivity index (χ0v) is 8.15. The summed E-state index contributed by atoms with van der Waals surface area (Å²) in [6, 6.07) is 6.48. The summed E-state index contributed by atoms with van der Waals surface area (Å²) in [5.74, 6) is 0.221. The van der Waals surface area contributed by atoms with Gasteiger partial charge < -0.3 is 0 Å². The average molecular weight is 201 g/mol. The molecule has 0 heterocycles. The Bertz CT molecular complexity index is 300. The van der Waals surface area contributed by atoms with Gasteiger partial charge in [-0.05, 0) is 30.0 Å². The van der Waals surface area contributed by atoms with Crippen LogP contribution in [0.5, 0.6) is 0 Å². The molecule has 1 rings (SSSR count). The van der Waals surface area contributed by atoms with Crippen molar-refractivity contribution in [1.82, 2.24) is 0 Å². The second-order valence-corrected chi connectivity index (χ2v) is 3.68. The van der Waals surface area contributed by atoms with Crippen LogP contribution in [0.3, 0.4) is 0 Å². The fourth-order valence-electron chi connectivity index (χ4n) is 1.34. The van der Waals surface area contributed by atoms with Crippen LogP contribution < -0.4 is 0 Å². The molecule has 0 amide bonds. The van der Waals surface area contributed by atoms with Crippen LogP contribution in [0.4, 0.5) is 13.2 Å². The Morgan fingerprint density at radius 2 is 2.00 bits per heavy atom. The molecule has 0 spiro atoms. The van der Waals surface area contributed by atoms with Gasteiger partial charge >= 0.3 is 6.18 Å². The van der Waals surface area contributed by atoms with E-state index in [1.54, 1.807) is 0 Å². The van der Waals surface area contributed by atoms with E-state index in [1.165, 1.54) is 12.1 Å². The van der Waals surface area contributed by atoms with Gasteiger partial charge in [0.2, 0.25) is 0 Å². The number of rotatable bonds is 2. The predicted molar refractivity (Wildman–Crippen MR) is 48.8 cm³/mol. The van der Waals surface area contributed by atoms with Crippen LogP contribution in [-0.4, -0.2) is 0 Å². The number of halogens is 3. The van der Waals surface area contributed by atoms with Crippen LogP contribution in [0.2, 0.25) is 0 Å². The van der Waals surface area contributed by atoms with Crippen molar-refractivity contribution in [3.05, 3.63) is 35.4 Å². The van der Waals surface area contributed by atoms with Crippen molar-refractivity contribution in [2.75, 3.05) is 0 Å². The lowest BCUT2D eigenvalue weighted by atomic mass is 9.98. The highest BCUT2D eigenvalue weighted by Gasteiger charge is 2.32. The van der Waals surface area contributed by atoms with E-state index >= 15 is 0 Å². The first kappa shape index (κ1) is 11.1. The molecule has 0 unspecified atom stereocenters. The van der Waals surface area contributed by atoms with E-state index in [0.717, 1.165) is 6.07 Å². The standard InChI is InChI=1S/C11H12F3/c1-8(2)7-9-5-3-4-6-10(9)11(12,13)14/h3,5-6,8H,7H2,1-2H3. The van der Waals surface area contributed by atoms with Gasteiger partial charge in [0, 0.05) is 0 Å². The molecular weight excluding hydrogens is 189 g/mol. The highest BCUT2D eigenvalue weighted by molar-refractivity contribution is 5.29. The third-order valence-corrected chi connectivity index (χ3v) is 1.89. The van der Waals surface area contributed by atoms with Crippen LogP contribution >= 0.6 is 0 Å².